The summed E-state index contributed by atoms with van der Waals surface area (Å²) in [5.74, 6) is 0. The van der Waals surface area contributed by atoms with E-state index in [-0.39, 0.29) is 22.4 Å². The summed E-state index contributed by atoms with van der Waals surface area (Å²) in [7, 11) is -7.64. The smallest absolute Gasteiger partial charge is 0.241 e. The molecule has 2 heterocycles. The van der Waals surface area contributed by atoms with Crippen LogP contribution in [0.25, 0.3) is 0 Å². The van der Waals surface area contributed by atoms with Crippen LogP contribution in [-0.4, -0.2) is 60.8 Å². The highest BCUT2D eigenvalue weighted by atomic mass is 32.2. The average Bonchev–Trinajstić information content (AvgIpc) is 3.16. The van der Waals surface area contributed by atoms with Crippen molar-refractivity contribution in [1.29, 1.82) is 0 Å². The maximum atomic E-state index is 12.8. The number of nitrogens with zero attached hydrogens (tertiary/aromatic N) is 1. The van der Waals surface area contributed by atoms with Gasteiger partial charge in [-0.25, -0.2) is 21.6 Å². The van der Waals surface area contributed by atoms with E-state index < -0.39 is 19.9 Å². The van der Waals surface area contributed by atoms with Crippen molar-refractivity contribution in [3.63, 3.8) is 0 Å². The number of rotatable bonds is 7. The van der Waals surface area contributed by atoms with Crippen molar-refractivity contribution in [3.8, 4) is 0 Å². The lowest BCUT2D eigenvalue weighted by atomic mass is 10.2. The quantitative estimate of drug-likeness (QED) is 0.716. The van der Waals surface area contributed by atoms with Crippen LogP contribution < -0.4 is 4.72 Å². The molecular weight excluding hydrogens is 408 g/mol. The van der Waals surface area contributed by atoms with Crippen molar-refractivity contribution in [2.24, 2.45) is 0 Å². The highest BCUT2D eigenvalue weighted by Gasteiger charge is 2.28. The second-order valence-corrected chi connectivity index (χ2v) is 10.9. The van der Waals surface area contributed by atoms with Crippen LogP contribution >= 0.6 is 11.3 Å². The van der Waals surface area contributed by atoms with E-state index in [0.29, 0.717) is 26.3 Å². The van der Waals surface area contributed by atoms with Crippen molar-refractivity contribution in [2.45, 2.75) is 15.8 Å². The number of morpholine rings is 1. The minimum atomic E-state index is -3.98. The van der Waals surface area contributed by atoms with Gasteiger partial charge in [0.25, 0.3) is 0 Å². The molecule has 0 radical (unpaired) electrons. The molecule has 1 aliphatic rings. The maximum absolute atomic E-state index is 12.8. The first-order valence-electron chi connectivity index (χ1n) is 8.43. The molecule has 0 spiro atoms. The normalized spacial score (nSPS) is 17.7. The summed E-state index contributed by atoms with van der Waals surface area (Å²) in [4.78, 5) is 2.81. The van der Waals surface area contributed by atoms with Crippen LogP contribution in [0.1, 0.15) is 10.9 Å². The summed E-state index contributed by atoms with van der Waals surface area (Å²) in [6.45, 7) is 2.78. The van der Waals surface area contributed by atoms with Crippen LogP contribution in [0.5, 0.6) is 0 Å². The van der Waals surface area contributed by atoms with E-state index in [2.05, 4.69) is 9.62 Å². The Balaban J connectivity index is 1.85. The molecular formula is C17H22N2O5S3. The lowest BCUT2D eigenvalue weighted by Gasteiger charge is -2.34. The van der Waals surface area contributed by atoms with Gasteiger partial charge in [-0.2, -0.15) is 0 Å². The van der Waals surface area contributed by atoms with E-state index in [1.165, 1.54) is 24.3 Å². The van der Waals surface area contributed by atoms with Gasteiger partial charge in [0.1, 0.15) is 4.90 Å². The lowest BCUT2D eigenvalue weighted by Crippen LogP contribution is -2.43. The molecule has 27 heavy (non-hydrogen) atoms. The van der Waals surface area contributed by atoms with Crippen molar-refractivity contribution >= 4 is 31.2 Å². The van der Waals surface area contributed by atoms with E-state index in [0.717, 1.165) is 11.1 Å². The number of sulfonamides is 1. The average molecular weight is 431 g/mol. The summed E-state index contributed by atoms with van der Waals surface area (Å²) in [6, 6.07) is 9.43. The molecule has 1 aliphatic heterocycles. The number of hydrogen-bond donors (Lipinski definition) is 1. The molecule has 0 bridgehead atoms. The molecule has 148 valence electrons. The van der Waals surface area contributed by atoms with E-state index in [1.807, 2.05) is 17.5 Å². The van der Waals surface area contributed by atoms with Gasteiger partial charge >= 0.3 is 0 Å². The molecule has 1 atom stereocenters. The van der Waals surface area contributed by atoms with Crippen LogP contribution in [0.4, 0.5) is 0 Å². The minimum absolute atomic E-state index is 0.130. The molecule has 2 aromatic rings. The molecule has 3 rings (SSSR count). The number of hydrogen-bond acceptors (Lipinski definition) is 7. The Morgan fingerprint density at radius 3 is 2.33 bits per heavy atom. The molecule has 1 aromatic heterocycles. The summed E-state index contributed by atoms with van der Waals surface area (Å²) in [5, 5.41) is 1.95. The molecule has 1 fully saturated rings. The van der Waals surface area contributed by atoms with E-state index >= 15 is 0 Å². The zero-order chi connectivity index (χ0) is 19.5. The first-order valence-corrected chi connectivity index (χ1v) is 12.7. The summed E-state index contributed by atoms with van der Waals surface area (Å²) < 4.78 is 57.6. The third-order valence-corrected chi connectivity index (χ3v) is 8.10. The molecule has 0 aliphatic carbocycles. The zero-order valence-corrected chi connectivity index (χ0v) is 17.3. The predicted octanol–water partition coefficient (Wildman–Crippen LogP) is 1.50. The second-order valence-electron chi connectivity index (χ2n) is 6.25. The maximum Gasteiger partial charge on any atom is 0.241 e. The fourth-order valence-electron chi connectivity index (χ4n) is 3.02. The Bertz CT molecular complexity index is 966. The van der Waals surface area contributed by atoms with Gasteiger partial charge in [-0.05, 0) is 23.6 Å². The topological polar surface area (TPSA) is 92.8 Å². The van der Waals surface area contributed by atoms with Gasteiger partial charge < -0.3 is 4.74 Å². The molecule has 1 unspecified atom stereocenters. The molecule has 7 nitrogen and oxygen atoms in total. The molecule has 1 aromatic carbocycles. The number of ether oxygens (including phenoxy) is 1. The predicted molar refractivity (Wildman–Crippen MR) is 104 cm³/mol. The highest BCUT2D eigenvalue weighted by Crippen LogP contribution is 2.27. The number of nitrogens with one attached hydrogen (secondary N) is 1. The van der Waals surface area contributed by atoms with Gasteiger partial charge in [0.2, 0.25) is 10.0 Å². The van der Waals surface area contributed by atoms with Gasteiger partial charge in [0.15, 0.2) is 9.84 Å². The van der Waals surface area contributed by atoms with E-state index in [4.69, 9.17) is 4.74 Å². The number of thiophene rings is 1. The lowest BCUT2D eigenvalue weighted by molar-refractivity contribution is 0.0179. The van der Waals surface area contributed by atoms with Gasteiger partial charge in [-0.15, -0.1) is 11.3 Å². The van der Waals surface area contributed by atoms with Crippen LogP contribution in [0.15, 0.2) is 51.6 Å². The molecule has 1 N–H and O–H groups in total. The third kappa shape index (κ3) is 4.95. The third-order valence-electron chi connectivity index (χ3n) is 4.36. The first-order chi connectivity index (χ1) is 12.8. The van der Waals surface area contributed by atoms with Gasteiger partial charge in [0.05, 0.1) is 24.2 Å². The van der Waals surface area contributed by atoms with Crippen molar-refractivity contribution in [3.05, 3.63) is 46.7 Å². The summed E-state index contributed by atoms with van der Waals surface area (Å²) in [5.41, 5.74) is 0. The van der Waals surface area contributed by atoms with Gasteiger partial charge in [-0.3, -0.25) is 4.90 Å². The number of benzene rings is 1. The fraction of sp³-hybridized carbons (Fsp3) is 0.412. The van der Waals surface area contributed by atoms with Gasteiger partial charge in [-0.1, -0.05) is 18.2 Å². The highest BCUT2D eigenvalue weighted by molar-refractivity contribution is 7.93. The van der Waals surface area contributed by atoms with E-state index in [1.54, 1.807) is 11.3 Å². The Morgan fingerprint density at radius 2 is 1.74 bits per heavy atom. The van der Waals surface area contributed by atoms with Crippen molar-refractivity contribution in [2.75, 3.05) is 39.1 Å². The Labute approximate surface area is 163 Å². The Kier molecular flexibility index (Phi) is 6.34. The van der Waals surface area contributed by atoms with Crippen LogP contribution in [0, 0.1) is 0 Å². The van der Waals surface area contributed by atoms with Crippen LogP contribution in [0.2, 0.25) is 0 Å². The Hall–Kier alpha value is -1.30. The SMILES string of the molecule is CS(=O)(=O)c1ccccc1S(=O)(=O)NCC(c1cccs1)N1CCOCC1. The molecule has 0 amide bonds. The minimum Gasteiger partial charge on any atom is -0.379 e. The van der Waals surface area contributed by atoms with Crippen molar-refractivity contribution in [1.82, 2.24) is 9.62 Å². The molecule has 1 saturated heterocycles. The molecule has 10 heteroatoms. The summed E-state index contributed by atoms with van der Waals surface area (Å²) >= 11 is 1.57. The van der Waals surface area contributed by atoms with Crippen molar-refractivity contribution < 1.29 is 21.6 Å². The standard InChI is InChI=1S/C17H22N2O5S3/c1-26(20,21)16-6-2-3-7-17(16)27(22,23)18-13-14(15-5-4-12-25-15)19-8-10-24-11-9-19/h2-7,12,14,18H,8-11,13H2,1H3. The van der Waals surface area contributed by atoms with Gasteiger partial charge in [0, 0.05) is 30.8 Å². The first kappa shape index (κ1) is 20.4. The summed E-state index contributed by atoms with van der Waals surface area (Å²) in [6.07, 6.45) is 1.00. The second kappa shape index (κ2) is 8.38. The zero-order valence-electron chi connectivity index (χ0n) is 14.9. The van der Waals surface area contributed by atoms with Crippen LogP contribution in [-0.2, 0) is 24.6 Å². The van der Waals surface area contributed by atoms with E-state index in [9.17, 15) is 16.8 Å². The molecule has 0 saturated carbocycles. The Morgan fingerprint density at radius 1 is 1.07 bits per heavy atom. The largest absolute Gasteiger partial charge is 0.379 e. The number of sulfone groups is 1. The fourth-order valence-corrected chi connectivity index (χ4v) is 6.55. The monoisotopic (exact) mass is 430 g/mol. The van der Waals surface area contributed by atoms with Crippen LogP contribution in [0.3, 0.4) is 0 Å².